The fourth-order valence-electron chi connectivity index (χ4n) is 4.44. The first-order chi connectivity index (χ1) is 25.1. The van der Waals surface area contributed by atoms with Crippen molar-refractivity contribution in [1.82, 2.24) is 15.0 Å². The molecule has 0 unspecified atom stereocenters. The average Bonchev–Trinajstić information content (AvgIpc) is 3.06. The highest BCUT2D eigenvalue weighted by Gasteiger charge is 2.21. The number of aromatic nitrogens is 3. The predicted molar refractivity (Wildman–Crippen MR) is 199 cm³/mol. The van der Waals surface area contributed by atoms with E-state index in [1.165, 1.54) is 37.4 Å². The third-order valence-electron chi connectivity index (χ3n) is 6.70. The Hall–Kier alpha value is -3.73. The van der Waals surface area contributed by atoms with Crippen LogP contribution in [-0.2, 0) is 40.5 Å². The number of anilines is 2. The summed E-state index contributed by atoms with van der Waals surface area (Å²) in [6, 6.07) is 8.53. The van der Waals surface area contributed by atoms with Gasteiger partial charge in [0.1, 0.15) is 22.1 Å². The average molecular weight is 869 g/mol. The van der Waals surface area contributed by atoms with Gasteiger partial charge in [-0.3, -0.25) is 18.2 Å². The molecule has 26 heteroatoms. The summed E-state index contributed by atoms with van der Waals surface area (Å²) in [5.41, 5.74) is 0.522. The Morgan fingerprint density at radius 2 is 1.35 bits per heavy atom. The fourth-order valence-corrected chi connectivity index (χ4v) is 8.77. The molecule has 0 atom stereocenters. The molecule has 1 heterocycles. The van der Waals surface area contributed by atoms with Crippen molar-refractivity contribution in [3.8, 4) is 11.5 Å². The lowest BCUT2D eigenvalue weighted by Crippen LogP contribution is -2.07. The second kappa shape index (κ2) is 17.8. The number of rotatable bonds is 19. The molecule has 0 bridgehead atoms. The largest absolute Gasteiger partial charge is 0.494 e. The van der Waals surface area contributed by atoms with Gasteiger partial charge in [-0.1, -0.05) is 29.6 Å². The SMILES string of the molecule is CCOc1cc(N=Nc2ccc3cc(S(=O)(=O)O)cc(S(=O)(=O)O)c3c2)c(OC)cc1Nc1nc(SCCCS(=O)(=O)O)nc(SCCCS(=O)(=O)O)n1. The van der Waals surface area contributed by atoms with Gasteiger partial charge in [-0.15, -0.1) is 5.11 Å². The summed E-state index contributed by atoms with van der Waals surface area (Å²) in [5.74, 6) is -0.114. The highest BCUT2D eigenvalue weighted by atomic mass is 32.2. The molecule has 4 rings (SSSR count). The Morgan fingerprint density at radius 1 is 0.741 bits per heavy atom. The van der Waals surface area contributed by atoms with Crippen molar-refractivity contribution in [2.45, 2.75) is 39.9 Å². The van der Waals surface area contributed by atoms with Crippen LogP contribution in [0, 0.1) is 0 Å². The molecule has 0 saturated carbocycles. The van der Waals surface area contributed by atoms with Gasteiger partial charge in [0.15, 0.2) is 10.3 Å². The summed E-state index contributed by atoms with van der Waals surface area (Å²) in [7, 11) is -16.8. The van der Waals surface area contributed by atoms with Crippen molar-refractivity contribution >= 4 is 97.8 Å². The van der Waals surface area contributed by atoms with Crippen molar-refractivity contribution in [2.24, 2.45) is 10.2 Å². The van der Waals surface area contributed by atoms with E-state index in [9.17, 15) is 42.8 Å². The van der Waals surface area contributed by atoms with Crippen LogP contribution in [0.25, 0.3) is 10.8 Å². The van der Waals surface area contributed by atoms with Crippen molar-refractivity contribution in [3.63, 3.8) is 0 Å². The van der Waals surface area contributed by atoms with E-state index in [4.69, 9.17) is 18.6 Å². The Balaban J connectivity index is 1.68. The van der Waals surface area contributed by atoms with E-state index in [0.717, 1.165) is 29.6 Å². The second-order valence-corrected chi connectivity index (χ2v) is 18.8. The number of hydrogen-bond donors (Lipinski definition) is 5. The number of fused-ring (bicyclic) bond motifs is 1. The summed E-state index contributed by atoms with van der Waals surface area (Å²) in [4.78, 5) is 11.6. The van der Waals surface area contributed by atoms with Crippen LogP contribution in [0.1, 0.15) is 19.8 Å². The minimum absolute atomic E-state index is 0.0138. The molecule has 0 aliphatic heterocycles. The van der Waals surface area contributed by atoms with E-state index in [-0.39, 0.29) is 80.9 Å². The predicted octanol–water partition coefficient (Wildman–Crippen LogP) is 4.82. The van der Waals surface area contributed by atoms with Crippen molar-refractivity contribution < 1.29 is 61.4 Å². The van der Waals surface area contributed by atoms with E-state index >= 15 is 0 Å². The molecule has 1 aromatic heterocycles. The third-order valence-corrected chi connectivity index (χ3v) is 11.9. The van der Waals surface area contributed by atoms with Gasteiger partial charge in [-0.05, 0) is 49.4 Å². The quantitative estimate of drug-likeness (QED) is 0.0365. The number of ether oxygens (including phenoxy) is 2. The molecular formula is C28H32N6O14S6. The topological polar surface area (TPSA) is 311 Å². The van der Waals surface area contributed by atoms with Crippen LogP contribution in [0.5, 0.6) is 11.5 Å². The lowest BCUT2D eigenvalue weighted by molar-refractivity contribution is 0.341. The van der Waals surface area contributed by atoms with Crippen LogP contribution in [-0.4, -0.2) is 104 Å². The molecule has 20 nitrogen and oxygen atoms in total. The zero-order chi connectivity index (χ0) is 39.9. The van der Waals surface area contributed by atoms with Gasteiger partial charge in [0.05, 0.1) is 41.5 Å². The first kappa shape index (κ1) is 43.0. The Morgan fingerprint density at radius 3 is 1.87 bits per heavy atom. The van der Waals surface area contributed by atoms with Crippen LogP contribution in [0.2, 0.25) is 0 Å². The molecule has 0 spiro atoms. The van der Waals surface area contributed by atoms with Crippen molar-refractivity contribution in [2.75, 3.05) is 42.0 Å². The van der Waals surface area contributed by atoms with Gasteiger partial charge < -0.3 is 14.8 Å². The third kappa shape index (κ3) is 12.9. The molecule has 0 aliphatic rings. The molecule has 0 aliphatic carbocycles. The first-order valence-corrected chi connectivity index (χ1v) is 23.2. The minimum atomic E-state index is -4.95. The molecule has 294 valence electrons. The molecule has 0 radical (unpaired) electrons. The van der Waals surface area contributed by atoms with Gasteiger partial charge in [-0.2, -0.15) is 53.7 Å². The molecule has 54 heavy (non-hydrogen) atoms. The molecular weight excluding hydrogens is 837 g/mol. The standard InChI is InChI=1S/C28H32N6O14S6/c1-3-48-24-16-22(34-33-18-7-6-17-12-19(53(41,42)43)14-25(20(17)13-18)54(44,45)46)23(47-2)15-21(24)29-26-30-27(49-8-4-10-51(35,36)37)32-28(31-26)50-9-5-11-52(38,39)40/h6-7,12-16H,3-5,8-11H2,1-2H3,(H,35,36,37)(H,38,39,40)(H,41,42,43)(H,44,45,46)(H,29,30,31,32). The normalized spacial score (nSPS) is 12.7. The van der Waals surface area contributed by atoms with E-state index in [0.29, 0.717) is 11.8 Å². The maximum absolute atomic E-state index is 12.1. The number of methoxy groups -OCH3 is 1. The molecule has 0 saturated heterocycles. The van der Waals surface area contributed by atoms with E-state index in [1.807, 2.05) is 0 Å². The zero-order valence-electron chi connectivity index (χ0n) is 28.0. The molecule has 0 amide bonds. The van der Waals surface area contributed by atoms with Crippen molar-refractivity contribution in [3.05, 3.63) is 42.5 Å². The van der Waals surface area contributed by atoms with Crippen LogP contribution >= 0.6 is 23.5 Å². The van der Waals surface area contributed by atoms with Crippen molar-refractivity contribution in [1.29, 1.82) is 0 Å². The molecule has 0 fully saturated rings. The fraction of sp³-hybridized carbons (Fsp3) is 0.321. The maximum Gasteiger partial charge on any atom is 0.295 e. The van der Waals surface area contributed by atoms with E-state index in [1.54, 1.807) is 6.92 Å². The van der Waals surface area contributed by atoms with Gasteiger partial charge in [0.25, 0.3) is 40.5 Å². The Labute approximate surface area is 318 Å². The summed E-state index contributed by atoms with van der Waals surface area (Å²) >= 11 is 2.16. The zero-order valence-corrected chi connectivity index (χ0v) is 32.9. The lowest BCUT2D eigenvalue weighted by Gasteiger charge is -2.15. The van der Waals surface area contributed by atoms with E-state index < -0.39 is 61.8 Å². The number of hydrogen-bond acceptors (Lipinski definition) is 18. The number of benzene rings is 3. The maximum atomic E-state index is 12.1. The molecule has 5 N–H and O–H groups in total. The Kier molecular flexibility index (Phi) is 14.2. The number of nitrogens with zero attached hydrogens (tertiary/aromatic N) is 5. The number of thioether (sulfide) groups is 2. The first-order valence-electron chi connectivity index (χ1n) is 15.1. The smallest absolute Gasteiger partial charge is 0.295 e. The second-order valence-electron chi connectivity index (χ2n) is 10.8. The van der Waals surface area contributed by atoms with Gasteiger partial charge in [-0.25, -0.2) is 0 Å². The number of azo groups is 1. The van der Waals surface area contributed by atoms with Gasteiger partial charge in [0.2, 0.25) is 5.95 Å². The highest BCUT2D eigenvalue weighted by Crippen LogP contribution is 2.40. The molecule has 3 aromatic carbocycles. The van der Waals surface area contributed by atoms with E-state index in [2.05, 4.69) is 30.5 Å². The summed E-state index contributed by atoms with van der Waals surface area (Å²) in [6.45, 7) is 1.91. The van der Waals surface area contributed by atoms with Crippen LogP contribution in [0.15, 0.2) is 72.8 Å². The van der Waals surface area contributed by atoms with Gasteiger partial charge in [0, 0.05) is 29.0 Å². The van der Waals surface area contributed by atoms with Crippen LogP contribution < -0.4 is 14.8 Å². The summed E-state index contributed by atoms with van der Waals surface area (Å²) < 4.78 is 141. The summed E-state index contributed by atoms with van der Waals surface area (Å²) in [5, 5.41) is 11.7. The van der Waals surface area contributed by atoms with Crippen LogP contribution in [0.3, 0.4) is 0 Å². The lowest BCUT2D eigenvalue weighted by atomic mass is 10.1. The molecule has 4 aromatic rings. The summed E-state index contributed by atoms with van der Waals surface area (Å²) in [6.07, 6.45) is 0.179. The highest BCUT2D eigenvalue weighted by molar-refractivity contribution is 7.99. The van der Waals surface area contributed by atoms with Crippen LogP contribution in [0.4, 0.5) is 23.0 Å². The number of nitrogens with one attached hydrogen (secondary N) is 1. The Bertz CT molecular complexity index is 2440. The van der Waals surface area contributed by atoms with Gasteiger partial charge >= 0.3 is 0 Å². The monoisotopic (exact) mass is 868 g/mol. The minimum Gasteiger partial charge on any atom is -0.494 e.